The summed E-state index contributed by atoms with van der Waals surface area (Å²) in [6, 6.07) is 0. The third-order valence-corrected chi connectivity index (χ3v) is 1.65. The van der Waals surface area contributed by atoms with Crippen LogP contribution in [0.25, 0.3) is 0 Å². The van der Waals surface area contributed by atoms with Crippen LogP contribution in [0.15, 0.2) is 23.6 Å². The first-order valence-corrected chi connectivity index (χ1v) is 3.13. The van der Waals surface area contributed by atoms with E-state index < -0.39 is 12.0 Å². The first-order valence-electron chi connectivity index (χ1n) is 3.13. The number of hydrogen-bond donors (Lipinski definition) is 3. The maximum absolute atomic E-state index is 10.8. The summed E-state index contributed by atoms with van der Waals surface area (Å²) in [6.07, 6.45) is -1.02. The van der Waals surface area contributed by atoms with Gasteiger partial charge in [-0.1, -0.05) is 6.58 Å². The summed E-state index contributed by atoms with van der Waals surface area (Å²) in [5.41, 5.74) is 5.18. The minimum atomic E-state index is -0.986. The van der Waals surface area contributed by atoms with Crippen molar-refractivity contribution in [3.63, 3.8) is 0 Å². The van der Waals surface area contributed by atoms with Crippen LogP contribution in [0.5, 0.6) is 0 Å². The molecule has 4 nitrogen and oxygen atoms in total. The molecule has 0 radical (unpaired) electrons. The van der Waals surface area contributed by atoms with Crippen LogP contribution in [0.3, 0.4) is 0 Å². The third kappa shape index (κ3) is 1.12. The molecule has 0 aliphatic heterocycles. The van der Waals surface area contributed by atoms with Crippen molar-refractivity contribution in [1.29, 1.82) is 0 Å². The number of carbonyl (C=O) groups is 1. The van der Waals surface area contributed by atoms with Crippen molar-refractivity contribution in [2.24, 2.45) is 5.73 Å². The molecule has 0 amide bonds. The normalized spacial score (nSPS) is 29.4. The maximum atomic E-state index is 10.8. The Hall–Kier alpha value is -1.29. The molecule has 0 spiro atoms. The molecule has 0 bridgehead atoms. The lowest BCUT2D eigenvalue weighted by Gasteiger charge is -2.02. The Morgan fingerprint density at radius 2 is 2.27 bits per heavy atom. The second-order valence-electron chi connectivity index (χ2n) is 2.42. The van der Waals surface area contributed by atoms with E-state index in [1.54, 1.807) is 0 Å². The average Bonchev–Trinajstić information content (AvgIpc) is 2.07. The smallest absolute Gasteiger partial charge is 0.188 e. The lowest BCUT2D eigenvalue weighted by Crippen LogP contribution is -2.10. The monoisotopic (exact) mass is 155 g/mol. The quantitative estimate of drug-likeness (QED) is 0.328. The molecule has 1 fully saturated rings. The Bertz CT molecular complexity index is 250. The van der Waals surface area contributed by atoms with Gasteiger partial charge in [0.25, 0.3) is 0 Å². The van der Waals surface area contributed by atoms with Crippen LogP contribution in [0.4, 0.5) is 0 Å². The lowest BCUT2D eigenvalue weighted by atomic mass is 10.1. The van der Waals surface area contributed by atoms with Crippen molar-refractivity contribution in [2.45, 2.75) is 12.5 Å². The number of hydrogen-bond acceptors (Lipinski definition) is 4. The van der Waals surface area contributed by atoms with Gasteiger partial charge in [-0.25, -0.2) is 0 Å². The Morgan fingerprint density at radius 1 is 1.73 bits per heavy atom. The van der Waals surface area contributed by atoms with Crippen molar-refractivity contribution >= 4 is 5.78 Å². The molecule has 0 aromatic carbocycles. The minimum Gasteiger partial charge on any atom is -0.495 e. The molecule has 1 aliphatic carbocycles. The Kier molecular flexibility index (Phi) is 1.70. The molecule has 1 atom stereocenters. The van der Waals surface area contributed by atoms with E-state index in [4.69, 9.17) is 15.9 Å². The zero-order valence-electron chi connectivity index (χ0n) is 5.87. The van der Waals surface area contributed by atoms with Crippen molar-refractivity contribution in [2.75, 3.05) is 0 Å². The summed E-state index contributed by atoms with van der Waals surface area (Å²) in [4.78, 5) is 10.8. The number of aliphatic hydroxyl groups is 2. The number of aliphatic hydroxyl groups excluding tert-OH is 2. The molecular weight excluding hydrogens is 146 g/mol. The predicted octanol–water partition coefficient (Wildman–Crippen LogP) is -0.395. The van der Waals surface area contributed by atoms with E-state index in [-0.39, 0.29) is 23.4 Å². The highest BCUT2D eigenvalue weighted by atomic mass is 16.3. The van der Waals surface area contributed by atoms with Gasteiger partial charge in [0, 0.05) is 12.0 Å². The van der Waals surface area contributed by atoms with E-state index in [9.17, 15) is 4.79 Å². The molecule has 0 saturated heterocycles. The molecule has 1 aliphatic rings. The van der Waals surface area contributed by atoms with Crippen molar-refractivity contribution in [3.05, 3.63) is 23.6 Å². The van der Waals surface area contributed by atoms with Gasteiger partial charge in [-0.15, -0.1) is 0 Å². The summed E-state index contributed by atoms with van der Waals surface area (Å²) >= 11 is 0. The first-order chi connectivity index (χ1) is 5.04. The fourth-order valence-corrected chi connectivity index (χ4v) is 1.08. The van der Waals surface area contributed by atoms with Gasteiger partial charge in [0.2, 0.25) is 0 Å². The van der Waals surface area contributed by atoms with Crippen molar-refractivity contribution in [1.82, 2.24) is 0 Å². The van der Waals surface area contributed by atoms with Gasteiger partial charge in [-0.3, -0.25) is 4.79 Å². The van der Waals surface area contributed by atoms with E-state index in [1.807, 2.05) is 0 Å². The third-order valence-electron chi connectivity index (χ3n) is 1.65. The number of rotatable bonds is 0. The highest BCUT2D eigenvalue weighted by Gasteiger charge is 2.31. The molecule has 0 unspecified atom stereocenters. The first kappa shape index (κ1) is 7.81. The molecule has 1 rings (SSSR count). The highest BCUT2D eigenvalue weighted by Crippen LogP contribution is 2.26. The van der Waals surface area contributed by atoms with E-state index in [0.29, 0.717) is 0 Å². The predicted molar refractivity (Wildman–Crippen MR) is 38.6 cm³/mol. The van der Waals surface area contributed by atoms with Crippen LogP contribution in [0, 0.1) is 0 Å². The number of nitrogens with two attached hydrogens (primary N) is 1. The fraction of sp³-hybridized carbons (Fsp3) is 0.286. The summed E-state index contributed by atoms with van der Waals surface area (Å²) in [5, 5.41) is 17.9. The summed E-state index contributed by atoms with van der Waals surface area (Å²) in [5.74, 6) is -0.794. The Labute approximate surface area is 63.6 Å². The molecule has 1 saturated carbocycles. The van der Waals surface area contributed by atoms with Gasteiger partial charge in [0.1, 0.15) is 0 Å². The zero-order chi connectivity index (χ0) is 8.59. The van der Waals surface area contributed by atoms with Crippen LogP contribution in [0.1, 0.15) is 6.42 Å². The van der Waals surface area contributed by atoms with Crippen LogP contribution < -0.4 is 5.73 Å². The van der Waals surface area contributed by atoms with Gasteiger partial charge in [-0.2, -0.15) is 0 Å². The van der Waals surface area contributed by atoms with Crippen LogP contribution in [-0.2, 0) is 4.79 Å². The topological polar surface area (TPSA) is 83.5 Å². The minimum absolute atomic E-state index is 0.0323. The molecule has 11 heavy (non-hydrogen) atoms. The number of Topliss-reactive ketones (excluding diaryl/α,β-unsaturated/α-hetero) is 1. The number of carbonyl (C=O) groups excluding carboxylic acids is 1. The second-order valence-corrected chi connectivity index (χ2v) is 2.42. The van der Waals surface area contributed by atoms with Crippen molar-refractivity contribution < 1.29 is 15.0 Å². The zero-order valence-corrected chi connectivity index (χ0v) is 5.87. The molecule has 0 aromatic rings. The fourth-order valence-electron chi connectivity index (χ4n) is 1.08. The van der Waals surface area contributed by atoms with Crippen molar-refractivity contribution in [3.8, 4) is 0 Å². The van der Waals surface area contributed by atoms with Crippen LogP contribution >= 0.6 is 0 Å². The summed E-state index contributed by atoms with van der Waals surface area (Å²) < 4.78 is 0. The SMILES string of the molecule is C=C1C(=O)C[C@@H](O)/C1=C(/N)O. The molecule has 0 aromatic heterocycles. The average molecular weight is 155 g/mol. The van der Waals surface area contributed by atoms with Gasteiger partial charge >= 0.3 is 0 Å². The van der Waals surface area contributed by atoms with E-state index >= 15 is 0 Å². The summed E-state index contributed by atoms with van der Waals surface area (Å²) in [7, 11) is 0. The van der Waals surface area contributed by atoms with Gasteiger partial charge in [0.15, 0.2) is 11.7 Å². The molecule has 4 N–H and O–H groups in total. The molecular formula is C7H9NO3. The number of ketones is 1. The Morgan fingerprint density at radius 3 is 2.45 bits per heavy atom. The van der Waals surface area contributed by atoms with E-state index in [2.05, 4.69) is 6.58 Å². The van der Waals surface area contributed by atoms with Gasteiger partial charge < -0.3 is 15.9 Å². The second kappa shape index (κ2) is 2.39. The van der Waals surface area contributed by atoms with Gasteiger partial charge in [0.05, 0.1) is 11.7 Å². The van der Waals surface area contributed by atoms with Crippen LogP contribution in [0.2, 0.25) is 0 Å². The summed E-state index contributed by atoms with van der Waals surface area (Å²) in [6.45, 7) is 3.38. The maximum Gasteiger partial charge on any atom is 0.188 e. The molecule has 0 heterocycles. The van der Waals surface area contributed by atoms with E-state index in [0.717, 1.165) is 0 Å². The van der Waals surface area contributed by atoms with Crippen LogP contribution in [-0.4, -0.2) is 22.1 Å². The van der Waals surface area contributed by atoms with Gasteiger partial charge in [-0.05, 0) is 0 Å². The Balaban J connectivity index is 3.08. The molecule has 60 valence electrons. The molecule has 4 heteroatoms. The highest BCUT2D eigenvalue weighted by molar-refractivity contribution is 6.03. The van der Waals surface area contributed by atoms with E-state index in [1.165, 1.54) is 0 Å². The lowest BCUT2D eigenvalue weighted by molar-refractivity contribution is -0.115. The largest absolute Gasteiger partial charge is 0.495 e. The standard InChI is InChI=1S/C7H9NO3/c1-3-4(9)2-5(10)6(3)7(8)11/h5,10-11H,1-2,8H2/b7-6-/t5-/m1/s1.